The van der Waals surface area contributed by atoms with Crippen molar-refractivity contribution in [3.8, 4) is 0 Å². The van der Waals surface area contributed by atoms with Crippen molar-refractivity contribution < 1.29 is 42.8 Å². The Morgan fingerprint density at radius 2 is 1.26 bits per heavy atom. The summed E-state index contributed by atoms with van der Waals surface area (Å²) in [5.41, 5.74) is -0.605. The molecular weight excluding hydrogens is 458 g/mol. The minimum absolute atomic E-state index is 0.0229. The van der Waals surface area contributed by atoms with E-state index in [2.05, 4.69) is 6.58 Å². The van der Waals surface area contributed by atoms with E-state index in [1.807, 2.05) is 13.8 Å². The van der Waals surface area contributed by atoms with Crippen molar-refractivity contribution in [3.05, 3.63) is 12.7 Å². The maximum absolute atomic E-state index is 12.6. The molecule has 0 unspecified atom stereocenters. The lowest BCUT2D eigenvalue weighted by Gasteiger charge is -2.24. The van der Waals surface area contributed by atoms with Crippen molar-refractivity contribution in [2.45, 2.75) is 59.5 Å². The number of carbonyl (C=O) groups excluding carboxylic acids is 3. The van der Waals surface area contributed by atoms with Gasteiger partial charge in [-0.3, -0.25) is 14.4 Å². The van der Waals surface area contributed by atoms with Crippen molar-refractivity contribution in [3.63, 3.8) is 0 Å². The van der Waals surface area contributed by atoms with E-state index >= 15 is 0 Å². The first-order valence-electron chi connectivity index (χ1n) is 12.2. The normalized spacial score (nSPS) is 10.7. The van der Waals surface area contributed by atoms with Gasteiger partial charge in [0.25, 0.3) is 0 Å². The largest absolute Gasteiger partial charge is 0.461 e. The summed E-state index contributed by atoms with van der Waals surface area (Å²) >= 11 is 0. The molecule has 0 rings (SSSR count). The zero-order chi connectivity index (χ0) is 27.0. The summed E-state index contributed by atoms with van der Waals surface area (Å²) in [7, 11) is 1.61. The van der Waals surface area contributed by atoms with Crippen LogP contribution in [0.3, 0.4) is 0 Å². The van der Waals surface area contributed by atoms with E-state index in [1.165, 1.54) is 11.0 Å². The molecule has 0 bridgehead atoms. The number of amides is 1. The quantitative estimate of drug-likeness (QED) is 0.140. The third-order valence-corrected chi connectivity index (χ3v) is 3.94. The second kappa shape index (κ2) is 23.7. The molecule has 1 amide bonds. The summed E-state index contributed by atoms with van der Waals surface area (Å²) < 4.78 is 31.2. The topological polar surface area (TPSA) is 110 Å². The molecule has 0 saturated carbocycles. The minimum atomic E-state index is -0.605. The lowest BCUT2D eigenvalue weighted by Crippen LogP contribution is -2.36. The van der Waals surface area contributed by atoms with Crippen molar-refractivity contribution in [2.75, 3.05) is 73.1 Å². The van der Waals surface area contributed by atoms with Crippen LogP contribution >= 0.6 is 0 Å². The monoisotopic (exact) mass is 505 g/mol. The summed E-state index contributed by atoms with van der Waals surface area (Å²) in [6.07, 6.45) is 1.65. The minimum Gasteiger partial charge on any atom is -0.461 e. The summed E-state index contributed by atoms with van der Waals surface area (Å²) in [5.74, 6) is -1.07. The smallest absolute Gasteiger partial charge is 0.308 e. The molecule has 0 aliphatic rings. The van der Waals surface area contributed by atoms with Crippen molar-refractivity contribution in [1.29, 1.82) is 0 Å². The van der Waals surface area contributed by atoms with Gasteiger partial charge in [0.05, 0.1) is 65.5 Å². The van der Waals surface area contributed by atoms with Crippen LogP contribution in [0.1, 0.15) is 53.9 Å². The SMILES string of the molecule is C=CCOC(=O)CCN(CCC(=O)OC(C)(C)C)C(=O)CCOCCOCCOCCOC.CC. The summed E-state index contributed by atoms with van der Waals surface area (Å²) in [6.45, 7) is 16.1. The number of rotatable bonds is 20. The van der Waals surface area contributed by atoms with Crippen molar-refractivity contribution in [1.82, 2.24) is 4.90 Å². The number of ether oxygens (including phenoxy) is 6. The van der Waals surface area contributed by atoms with Crippen LogP contribution in [0.15, 0.2) is 12.7 Å². The Balaban J connectivity index is 0. The van der Waals surface area contributed by atoms with Gasteiger partial charge in [-0.2, -0.15) is 0 Å². The van der Waals surface area contributed by atoms with E-state index < -0.39 is 17.5 Å². The van der Waals surface area contributed by atoms with Gasteiger partial charge in [-0.1, -0.05) is 26.5 Å². The van der Waals surface area contributed by atoms with Gasteiger partial charge in [-0.15, -0.1) is 0 Å². The second-order valence-electron chi connectivity index (χ2n) is 8.02. The Hall–Kier alpha value is -2.01. The van der Waals surface area contributed by atoms with Gasteiger partial charge in [-0.05, 0) is 20.8 Å². The molecule has 0 heterocycles. The first-order valence-corrected chi connectivity index (χ1v) is 12.2. The van der Waals surface area contributed by atoms with E-state index in [0.29, 0.717) is 39.6 Å². The third-order valence-electron chi connectivity index (χ3n) is 3.94. The fourth-order valence-electron chi connectivity index (χ4n) is 2.43. The molecule has 0 saturated heterocycles. The molecule has 0 aliphatic heterocycles. The number of hydrogen-bond acceptors (Lipinski definition) is 9. The van der Waals surface area contributed by atoms with Gasteiger partial charge in [0, 0.05) is 20.2 Å². The van der Waals surface area contributed by atoms with E-state index in [4.69, 9.17) is 28.4 Å². The highest BCUT2D eigenvalue weighted by molar-refractivity contribution is 5.78. The molecule has 10 heteroatoms. The summed E-state index contributed by atoms with van der Waals surface area (Å²) in [4.78, 5) is 37.8. The third kappa shape index (κ3) is 24.9. The average molecular weight is 506 g/mol. The van der Waals surface area contributed by atoms with Crippen LogP contribution in [0.5, 0.6) is 0 Å². The number of methoxy groups -OCH3 is 1. The maximum atomic E-state index is 12.6. The zero-order valence-corrected chi connectivity index (χ0v) is 22.6. The Morgan fingerprint density at radius 1 is 0.771 bits per heavy atom. The fourth-order valence-corrected chi connectivity index (χ4v) is 2.43. The molecule has 0 atom stereocenters. The van der Waals surface area contributed by atoms with Crippen LogP contribution in [-0.4, -0.2) is 101 Å². The number of hydrogen-bond donors (Lipinski definition) is 0. The highest BCUT2D eigenvalue weighted by atomic mass is 16.6. The van der Waals surface area contributed by atoms with Crippen molar-refractivity contribution >= 4 is 17.8 Å². The molecule has 10 nitrogen and oxygen atoms in total. The Labute approximate surface area is 211 Å². The van der Waals surface area contributed by atoms with E-state index in [1.54, 1.807) is 27.9 Å². The predicted molar refractivity (Wildman–Crippen MR) is 133 cm³/mol. The van der Waals surface area contributed by atoms with E-state index in [0.717, 1.165) is 0 Å². The maximum Gasteiger partial charge on any atom is 0.308 e. The molecule has 0 radical (unpaired) electrons. The van der Waals surface area contributed by atoms with Gasteiger partial charge in [-0.25, -0.2) is 0 Å². The fraction of sp³-hybridized carbons (Fsp3) is 0.800. The molecule has 206 valence electrons. The molecular formula is C25H47NO9. The van der Waals surface area contributed by atoms with Gasteiger partial charge < -0.3 is 33.3 Å². The van der Waals surface area contributed by atoms with Crippen LogP contribution in [0.4, 0.5) is 0 Å². The first-order chi connectivity index (χ1) is 16.7. The van der Waals surface area contributed by atoms with Crippen LogP contribution in [0.2, 0.25) is 0 Å². The van der Waals surface area contributed by atoms with Crippen LogP contribution < -0.4 is 0 Å². The second-order valence-corrected chi connectivity index (χ2v) is 8.02. The lowest BCUT2D eigenvalue weighted by molar-refractivity contribution is -0.155. The highest BCUT2D eigenvalue weighted by Crippen LogP contribution is 2.09. The predicted octanol–water partition coefficient (Wildman–Crippen LogP) is 2.78. The first kappa shape index (κ1) is 35.2. The Bertz CT molecular complexity index is 562. The molecule has 0 fully saturated rings. The zero-order valence-electron chi connectivity index (χ0n) is 22.6. The van der Waals surface area contributed by atoms with Crippen molar-refractivity contribution in [2.24, 2.45) is 0 Å². The van der Waals surface area contributed by atoms with Gasteiger partial charge in [0.2, 0.25) is 5.91 Å². The summed E-state index contributed by atoms with van der Waals surface area (Å²) in [6, 6.07) is 0. The number of carbonyl (C=O) groups is 3. The Kier molecular flexibility index (Phi) is 23.8. The number of esters is 2. The molecule has 0 aromatic carbocycles. The molecule has 0 aromatic rings. The van der Waals surface area contributed by atoms with Crippen LogP contribution in [-0.2, 0) is 42.8 Å². The van der Waals surface area contributed by atoms with Gasteiger partial charge >= 0.3 is 11.9 Å². The molecule has 0 spiro atoms. The van der Waals surface area contributed by atoms with Gasteiger partial charge in [0.1, 0.15) is 12.2 Å². The van der Waals surface area contributed by atoms with Crippen LogP contribution in [0.25, 0.3) is 0 Å². The molecule has 0 aromatic heterocycles. The number of nitrogens with zero attached hydrogens (tertiary/aromatic N) is 1. The molecule has 0 aliphatic carbocycles. The molecule has 0 N–H and O–H groups in total. The average Bonchev–Trinajstić information content (AvgIpc) is 2.81. The van der Waals surface area contributed by atoms with E-state index in [9.17, 15) is 14.4 Å². The van der Waals surface area contributed by atoms with Crippen LogP contribution in [0, 0.1) is 0 Å². The molecule has 35 heavy (non-hydrogen) atoms. The van der Waals surface area contributed by atoms with Gasteiger partial charge in [0.15, 0.2) is 0 Å². The summed E-state index contributed by atoms with van der Waals surface area (Å²) in [5, 5.41) is 0. The lowest BCUT2D eigenvalue weighted by atomic mass is 10.2. The highest BCUT2D eigenvalue weighted by Gasteiger charge is 2.20. The van der Waals surface area contributed by atoms with E-state index in [-0.39, 0.29) is 51.5 Å². The Morgan fingerprint density at radius 3 is 1.74 bits per heavy atom. The standard InChI is InChI=1S/C23H41NO9.C2H6/c1-6-12-32-21(26)7-10-24(11-8-22(27)33-23(2,3)4)20(25)9-13-29-16-17-31-19-18-30-15-14-28-5;1-2/h6H,1,7-19H2,2-5H3;1-2H3.